The second-order valence-electron chi connectivity index (χ2n) is 9.80. The molecule has 0 bridgehead atoms. The van der Waals surface area contributed by atoms with Crippen LogP contribution < -0.4 is 14.2 Å². The van der Waals surface area contributed by atoms with Crippen LogP contribution in [0.4, 0.5) is 0 Å². The van der Waals surface area contributed by atoms with Crippen molar-refractivity contribution in [3.05, 3.63) is 126 Å². The Bertz CT molecular complexity index is 1710. The Morgan fingerprint density at radius 3 is 2.14 bits per heavy atom. The fourth-order valence-electron chi connectivity index (χ4n) is 4.47. The summed E-state index contributed by atoms with van der Waals surface area (Å²) in [6.45, 7) is 2.30. The molecule has 0 aliphatic rings. The van der Waals surface area contributed by atoms with Crippen LogP contribution in [0, 0.1) is 6.92 Å². The molecule has 218 valence electrons. The van der Waals surface area contributed by atoms with Gasteiger partial charge in [0.05, 0.1) is 11.0 Å². The van der Waals surface area contributed by atoms with Gasteiger partial charge in [-0.2, -0.15) is 0 Å². The number of carbonyl (C=O) groups is 2. The minimum absolute atomic E-state index is 0.0960. The molecular weight excluding hydrogens is 546 g/mol. The van der Waals surface area contributed by atoms with Gasteiger partial charge < -0.3 is 24.2 Å². The average Bonchev–Trinajstić information content (AvgIpc) is 3.02. The Labute approximate surface area is 249 Å². The molecule has 0 aliphatic heterocycles. The Kier molecular flexibility index (Phi) is 9.43. The topological polar surface area (TPSA) is 111 Å². The molecule has 0 saturated carbocycles. The lowest BCUT2D eigenvalue weighted by molar-refractivity contribution is -0.137. The van der Waals surface area contributed by atoms with Gasteiger partial charge in [0, 0.05) is 12.1 Å². The van der Waals surface area contributed by atoms with Crippen LogP contribution >= 0.6 is 0 Å². The molecule has 5 rings (SSSR count). The lowest BCUT2D eigenvalue weighted by Gasteiger charge is -2.21. The van der Waals surface area contributed by atoms with E-state index in [9.17, 15) is 14.7 Å². The maximum atomic E-state index is 13.4. The van der Waals surface area contributed by atoms with E-state index < -0.39 is 18.4 Å². The number of carboxylic acids is 1. The first-order valence-corrected chi connectivity index (χ1v) is 13.8. The fraction of sp³-hybridized carbons (Fsp3) is 0.176. The molecule has 9 heteroatoms. The van der Waals surface area contributed by atoms with E-state index in [2.05, 4.69) is 9.97 Å². The predicted octanol–water partition coefficient (Wildman–Crippen LogP) is 5.70. The van der Waals surface area contributed by atoms with Gasteiger partial charge in [0.15, 0.2) is 0 Å². The van der Waals surface area contributed by atoms with Gasteiger partial charge in [-0.05, 0) is 60.5 Å². The van der Waals surface area contributed by atoms with Gasteiger partial charge in [-0.3, -0.25) is 9.59 Å². The number of carboxylic acid groups (broad SMARTS) is 1. The van der Waals surface area contributed by atoms with Crippen molar-refractivity contribution in [2.24, 2.45) is 0 Å². The molecule has 4 aromatic carbocycles. The third-order valence-corrected chi connectivity index (χ3v) is 6.51. The smallest absolute Gasteiger partial charge is 0.323 e. The highest BCUT2D eigenvalue weighted by Gasteiger charge is 2.20. The quantitative estimate of drug-likeness (QED) is 0.177. The van der Waals surface area contributed by atoms with Crippen molar-refractivity contribution in [3.8, 4) is 17.4 Å². The van der Waals surface area contributed by atoms with Crippen molar-refractivity contribution in [1.82, 2.24) is 14.9 Å². The summed E-state index contributed by atoms with van der Waals surface area (Å²) in [5.41, 5.74) is 4.31. The van der Waals surface area contributed by atoms with E-state index in [0.29, 0.717) is 35.2 Å². The van der Waals surface area contributed by atoms with Crippen molar-refractivity contribution >= 4 is 22.9 Å². The van der Waals surface area contributed by atoms with Gasteiger partial charge in [0.1, 0.15) is 43.6 Å². The lowest BCUT2D eigenvalue weighted by atomic mass is 10.1. The molecule has 0 radical (unpaired) electrons. The van der Waals surface area contributed by atoms with E-state index in [1.165, 1.54) is 4.90 Å². The van der Waals surface area contributed by atoms with Gasteiger partial charge in [-0.1, -0.05) is 60.7 Å². The van der Waals surface area contributed by atoms with Gasteiger partial charge in [-0.15, -0.1) is 0 Å². The number of para-hydroxylation sites is 2. The highest BCUT2D eigenvalue weighted by molar-refractivity contribution is 5.96. The summed E-state index contributed by atoms with van der Waals surface area (Å²) >= 11 is 0. The van der Waals surface area contributed by atoms with Crippen LogP contribution in [0.5, 0.6) is 17.4 Å². The highest BCUT2D eigenvalue weighted by Crippen LogP contribution is 2.21. The third-order valence-electron chi connectivity index (χ3n) is 6.51. The molecule has 9 nitrogen and oxygen atoms in total. The van der Waals surface area contributed by atoms with Crippen LogP contribution in [0.1, 0.15) is 27.2 Å². The van der Waals surface area contributed by atoms with E-state index in [4.69, 9.17) is 14.2 Å². The largest absolute Gasteiger partial charge is 0.490 e. The van der Waals surface area contributed by atoms with Crippen molar-refractivity contribution in [1.29, 1.82) is 0 Å². The monoisotopic (exact) mass is 577 g/mol. The first-order chi connectivity index (χ1) is 20.9. The SMILES string of the molecule is Cc1nc2ccccc2nc1OCCOc1cccc(C(=O)N(CC(=O)O)Cc2cccc(OCc3ccccc3)c2)c1. The van der Waals surface area contributed by atoms with E-state index in [-0.39, 0.29) is 19.8 Å². The molecule has 0 aliphatic carbocycles. The normalized spacial score (nSPS) is 10.7. The number of amides is 1. The van der Waals surface area contributed by atoms with Crippen LogP contribution in [0.15, 0.2) is 103 Å². The van der Waals surface area contributed by atoms with Gasteiger partial charge in [0.2, 0.25) is 5.88 Å². The van der Waals surface area contributed by atoms with Crippen LogP contribution in [-0.4, -0.2) is 51.6 Å². The Balaban J connectivity index is 1.20. The number of aliphatic carboxylic acids is 1. The van der Waals surface area contributed by atoms with Gasteiger partial charge in [-0.25, -0.2) is 9.97 Å². The number of benzene rings is 4. The van der Waals surface area contributed by atoms with E-state index in [1.54, 1.807) is 24.3 Å². The summed E-state index contributed by atoms with van der Waals surface area (Å²) < 4.78 is 17.5. The molecule has 1 amide bonds. The van der Waals surface area contributed by atoms with E-state index in [1.807, 2.05) is 85.8 Å². The molecule has 0 saturated heterocycles. The number of hydrogen-bond acceptors (Lipinski definition) is 7. The molecule has 0 unspecified atom stereocenters. The molecule has 1 aromatic heterocycles. The van der Waals surface area contributed by atoms with E-state index >= 15 is 0 Å². The van der Waals surface area contributed by atoms with Crippen molar-refractivity contribution < 1.29 is 28.9 Å². The molecule has 0 spiro atoms. The zero-order valence-corrected chi connectivity index (χ0v) is 23.7. The number of ether oxygens (including phenoxy) is 3. The molecule has 0 fully saturated rings. The molecule has 1 heterocycles. The second kappa shape index (κ2) is 14.0. The summed E-state index contributed by atoms with van der Waals surface area (Å²) in [5.74, 6) is -0.0118. The maximum Gasteiger partial charge on any atom is 0.323 e. The number of carbonyl (C=O) groups excluding carboxylic acids is 1. The summed E-state index contributed by atoms with van der Waals surface area (Å²) in [5, 5.41) is 9.53. The first kappa shape index (κ1) is 29.1. The summed E-state index contributed by atoms with van der Waals surface area (Å²) in [6, 6.07) is 31.3. The Morgan fingerprint density at radius 2 is 1.37 bits per heavy atom. The standard InChI is InChI=1S/C34H31N3O6/c1-24-33(36-31-16-6-5-15-30(31)35-24)42-18-17-41-29-14-8-12-27(20-29)34(40)37(22-32(38)39)21-26-11-7-13-28(19-26)43-23-25-9-3-2-4-10-25/h2-16,19-20H,17-18,21-23H2,1H3,(H,38,39). The fourth-order valence-corrected chi connectivity index (χ4v) is 4.47. The average molecular weight is 578 g/mol. The number of aromatic nitrogens is 2. The number of hydrogen-bond donors (Lipinski definition) is 1. The van der Waals surface area contributed by atoms with Gasteiger partial charge >= 0.3 is 5.97 Å². The number of rotatable bonds is 13. The summed E-state index contributed by atoms with van der Waals surface area (Å²) in [4.78, 5) is 35.4. The van der Waals surface area contributed by atoms with Crippen LogP contribution in [-0.2, 0) is 17.9 Å². The lowest BCUT2D eigenvalue weighted by Crippen LogP contribution is -2.35. The molecule has 43 heavy (non-hydrogen) atoms. The number of aryl methyl sites for hydroxylation is 1. The molecule has 1 N–H and O–H groups in total. The number of fused-ring (bicyclic) bond motifs is 1. The van der Waals surface area contributed by atoms with Crippen LogP contribution in [0.3, 0.4) is 0 Å². The second-order valence-corrected chi connectivity index (χ2v) is 9.80. The minimum Gasteiger partial charge on any atom is -0.490 e. The van der Waals surface area contributed by atoms with E-state index in [0.717, 1.165) is 22.2 Å². The highest BCUT2D eigenvalue weighted by atomic mass is 16.5. The third kappa shape index (κ3) is 8.07. The van der Waals surface area contributed by atoms with Crippen LogP contribution in [0.2, 0.25) is 0 Å². The summed E-state index contributed by atoms with van der Waals surface area (Å²) in [6.07, 6.45) is 0. The van der Waals surface area contributed by atoms with Crippen molar-refractivity contribution in [2.45, 2.75) is 20.1 Å². The van der Waals surface area contributed by atoms with Gasteiger partial charge in [0.25, 0.3) is 5.91 Å². The Morgan fingerprint density at radius 1 is 0.721 bits per heavy atom. The first-order valence-electron chi connectivity index (χ1n) is 13.8. The maximum absolute atomic E-state index is 13.4. The zero-order chi connectivity index (χ0) is 30.0. The summed E-state index contributed by atoms with van der Waals surface area (Å²) in [7, 11) is 0. The predicted molar refractivity (Wildman–Crippen MR) is 161 cm³/mol. The minimum atomic E-state index is -1.11. The molecule has 5 aromatic rings. The zero-order valence-electron chi connectivity index (χ0n) is 23.7. The van der Waals surface area contributed by atoms with Crippen LogP contribution in [0.25, 0.3) is 11.0 Å². The number of nitrogens with zero attached hydrogens (tertiary/aromatic N) is 3. The van der Waals surface area contributed by atoms with Crippen molar-refractivity contribution in [2.75, 3.05) is 19.8 Å². The molecule has 0 atom stereocenters. The Hall–Kier alpha value is -5.44. The van der Waals surface area contributed by atoms with Crippen molar-refractivity contribution in [3.63, 3.8) is 0 Å². The molecular formula is C34H31N3O6.